The Morgan fingerprint density at radius 1 is 1.18 bits per heavy atom. The van der Waals surface area contributed by atoms with Crippen molar-refractivity contribution in [3.05, 3.63) is 66.8 Å². The molecule has 1 saturated heterocycles. The van der Waals surface area contributed by atoms with Crippen LogP contribution >= 0.6 is 0 Å². The minimum Gasteiger partial charge on any atom is -0.345 e. The largest absolute Gasteiger partial charge is 0.345 e. The fraction of sp³-hybridized carbons (Fsp3) is 0.250. The van der Waals surface area contributed by atoms with Gasteiger partial charge in [0.2, 0.25) is 5.91 Å². The predicted molar refractivity (Wildman–Crippen MR) is 106 cm³/mol. The second-order valence-electron chi connectivity index (χ2n) is 6.65. The van der Waals surface area contributed by atoms with Gasteiger partial charge in [0, 0.05) is 43.7 Å². The molecule has 0 aliphatic carbocycles. The van der Waals surface area contributed by atoms with Gasteiger partial charge in [0.05, 0.1) is 24.4 Å². The molecule has 0 radical (unpaired) electrons. The van der Waals surface area contributed by atoms with Crippen LogP contribution < -0.4 is 5.32 Å². The molecule has 4 heterocycles. The van der Waals surface area contributed by atoms with E-state index in [-0.39, 0.29) is 11.8 Å². The van der Waals surface area contributed by atoms with Gasteiger partial charge in [0.1, 0.15) is 11.6 Å². The van der Waals surface area contributed by atoms with E-state index in [4.69, 9.17) is 0 Å². The number of anilines is 2. The molecule has 2 N–H and O–H groups in total. The van der Waals surface area contributed by atoms with Crippen molar-refractivity contribution in [3.8, 4) is 0 Å². The number of carbonyl (C=O) groups excluding carboxylic acids is 1. The Morgan fingerprint density at radius 3 is 2.93 bits per heavy atom. The molecule has 1 amide bonds. The van der Waals surface area contributed by atoms with Crippen LogP contribution in [0.15, 0.2) is 55.5 Å². The van der Waals surface area contributed by atoms with E-state index in [9.17, 15) is 4.79 Å². The van der Waals surface area contributed by atoms with Gasteiger partial charge in [-0.15, -0.1) is 0 Å². The Bertz CT molecular complexity index is 940. The Hall–Kier alpha value is -3.55. The molecule has 28 heavy (non-hydrogen) atoms. The number of hydrogen-bond donors (Lipinski definition) is 2. The molecule has 8 heteroatoms. The quantitative estimate of drug-likeness (QED) is 0.665. The van der Waals surface area contributed by atoms with Crippen LogP contribution in [0.5, 0.6) is 0 Å². The number of nitrogens with one attached hydrogen (secondary N) is 2. The third-order valence-electron chi connectivity index (χ3n) is 4.73. The summed E-state index contributed by atoms with van der Waals surface area (Å²) in [5.74, 6) is 1.67. The van der Waals surface area contributed by atoms with Gasteiger partial charge in [-0.1, -0.05) is 0 Å². The lowest BCUT2D eigenvalue weighted by molar-refractivity contribution is -0.127. The van der Waals surface area contributed by atoms with Gasteiger partial charge in [-0.05, 0) is 36.6 Å². The lowest BCUT2D eigenvalue weighted by Gasteiger charge is -2.32. The topological polar surface area (TPSA) is 99.7 Å². The van der Waals surface area contributed by atoms with Crippen LogP contribution in [-0.2, 0) is 4.79 Å². The van der Waals surface area contributed by atoms with Crippen molar-refractivity contribution in [2.24, 2.45) is 0 Å². The molecule has 1 atom stereocenters. The number of H-pyrrole nitrogens is 1. The SMILES string of the molecule is O=C(/C=C/c1cnc[nH]1)N1CCC[C@H](c2ccnc(Nc3cnccn3)c2)C1. The van der Waals surface area contributed by atoms with Crippen molar-refractivity contribution < 1.29 is 4.79 Å². The summed E-state index contributed by atoms with van der Waals surface area (Å²) in [6, 6.07) is 4.04. The molecule has 0 unspecified atom stereocenters. The highest BCUT2D eigenvalue weighted by atomic mass is 16.2. The maximum atomic E-state index is 12.5. The van der Waals surface area contributed by atoms with Crippen LogP contribution in [-0.4, -0.2) is 48.8 Å². The zero-order valence-electron chi connectivity index (χ0n) is 15.3. The smallest absolute Gasteiger partial charge is 0.246 e. The molecule has 4 rings (SSSR count). The number of imidazole rings is 1. The van der Waals surface area contributed by atoms with Gasteiger partial charge in [0.15, 0.2) is 0 Å². The van der Waals surface area contributed by atoms with E-state index in [1.807, 2.05) is 17.0 Å². The number of amides is 1. The highest BCUT2D eigenvalue weighted by molar-refractivity contribution is 5.91. The average molecular weight is 375 g/mol. The molecule has 3 aromatic heterocycles. The summed E-state index contributed by atoms with van der Waals surface area (Å²) >= 11 is 0. The van der Waals surface area contributed by atoms with Crippen molar-refractivity contribution in [2.45, 2.75) is 18.8 Å². The zero-order valence-corrected chi connectivity index (χ0v) is 15.3. The summed E-state index contributed by atoms with van der Waals surface area (Å²) in [5.41, 5.74) is 1.98. The highest BCUT2D eigenvalue weighted by Crippen LogP contribution is 2.28. The van der Waals surface area contributed by atoms with E-state index in [2.05, 4.69) is 30.2 Å². The average Bonchev–Trinajstić information content (AvgIpc) is 3.27. The summed E-state index contributed by atoms with van der Waals surface area (Å²) < 4.78 is 0. The standard InChI is InChI=1S/C20H21N7O/c28-20(4-3-17-11-22-14-25-17)27-9-1-2-16(13-27)15-5-6-23-18(10-15)26-19-12-21-7-8-24-19/h3-8,10-12,14,16H,1-2,9,13H2,(H,22,25)(H,23,24,26)/b4-3+/t16-/m0/s1. The van der Waals surface area contributed by atoms with E-state index in [1.54, 1.807) is 49.5 Å². The van der Waals surface area contributed by atoms with Gasteiger partial charge in [0.25, 0.3) is 0 Å². The summed E-state index contributed by atoms with van der Waals surface area (Å²) in [6.07, 6.45) is 15.4. The van der Waals surface area contributed by atoms with Crippen molar-refractivity contribution in [1.82, 2.24) is 29.8 Å². The maximum Gasteiger partial charge on any atom is 0.246 e. The second kappa shape index (κ2) is 8.43. The first-order valence-electron chi connectivity index (χ1n) is 9.22. The second-order valence-corrected chi connectivity index (χ2v) is 6.65. The van der Waals surface area contributed by atoms with E-state index < -0.39 is 0 Å². The number of nitrogens with zero attached hydrogens (tertiary/aromatic N) is 5. The molecular weight excluding hydrogens is 354 g/mol. The van der Waals surface area contributed by atoms with Crippen LogP contribution in [0.4, 0.5) is 11.6 Å². The Balaban J connectivity index is 1.43. The van der Waals surface area contributed by atoms with E-state index >= 15 is 0 Å². The fourth-order valence-electron chi connectivity index (χ4n) is 3.34. The fourth-order valence-corrected chi connectivity index (χ4v) is 3.34. The summed E-state index contributed by atoms with van der Waals surface area (Å²) in [4.78, 5) is 34.0. The van der Waals surface area contributed by atoms with Gasteiger partial charge in [-0.3, -0.25) is 9.78 Å². The van der Waals surface area contributed by atoms with Crippen LogP contribution in [0, 0.1) is 0 Å². The van der Waals surface area contributed by atoms with Gasteiger partial charge in [-0.2, -0.15) is 0 Å². The number of pyridine rings is 1. The Morgan fingerprint density at radius 2 is 2.11 bits per heavy atom. The molecule has 3 aromatic rings. The Labute approximate surface area is 162 Å². The molecule has 0 bridgehead atoms. The van der Waals surface area contributed by atoms with Crippen LogP contribution in [0.1, 0.15) is 30.0 Å². The monoisotopic (exact) mass is 375 g/mol. The number of hydrogen-bond acceptors (Lipinski definition) is 6. The summed E-state index contributed by atoms with van der Waals surface area (Å²) in [5, 5.41) is 3.17. The molecule has 1 aliphatic rings. The van der Waals surface area contributed by atoms with Crippen LogP contribution in [0.2, 0.25) is 0 Å². The van der Waals surface area contributed by atoms with Gasteiger partial charge >= 0.3 is 0 Å². The molecule has 8 nitrogen and oxygen atoms in total. The third-order valence-corrected chi connectivity index (χ3v) is 4.73. The van der Waals surface area contributed by atoms with Crippen molar-refractivity contribution in [2.75, 3.05) is 18.4 Å². The third kappa shape index (κ3) is 4.40. The van der Waals surface area contributed by atoms with E-state index in [1.165, 1.54) is 0 Å². The summed E-state index contributed by atoms with van der Waals surface area (Å²) in [7, 11) is 0. The number of piperidine rings is 1. The normalized spacial score (nSPS) is 17.0. The van der Waals surface area contributed by atoms with Crippen molar-refractivity contribution in [3.63, 3.8) is 0 Å². The first-order valence-corrected chi connectivity index (χ1v) is 9.22. The van der Waals surface area contributed by atoms with Crippen molar-refractivity contribution >= 4 is 23.6 Å². The predicted octanol–water partition coefficient (Wildman–Crippen LogP) is 2.76. The van der Waals surface area contributed by atoms with E-state index in [0.29, 0.717) is 12.4 Å². The number of aromatic nitrogens is 5. The van der Waals surface area contributed by atoms with Gasteiger partial charge < -0.3 is 15.2 Å². The lowest BCUT2D eigenvalue weighted by Crippen LogP contribution is -2.38. The first-order chi connectivity index (χ1) is 13.8. The minimum atomic E-state index is 0.0197. The number of aromatic amines is 1. The first kappa shape index (κ1) is 17.8. The molecule has 142 valence electrons. The van der Waals surface area contributed by atoms with Crippen molar-refractivity contribution in [1.29, 1.82) is 0 Å². The minimum absolute atomic E-state index is 0.0197. The molecular formula is C20H21N7O. The molecule has 1 aliphatic heterocycles. The van der Waals surface area contributed by atoms with Crippen LogP contribution in [0.25, 0.3) is 6.08 Å². The lowest BCUT2D eigenvalue weighted by atomic mass is 9.91. The Kier molecular flexibility index (Phi) is 5.37. The highest BCUT2D eigenvalue weighted by Gasteiger charge is 2.24. The molecule has 0 saturated carbocycles. The maximum absolute atomic E-state index is 12.5. The number of rotatable bonds is 5. The zero-order chi connectivity index (χ0) is 19.2. The van der Waals surface area contributed by atoms with Crippen LogP contribution in [0.3, 0.4) is 0 Å². The number of carbonyl (C=O) groups is 1. The molecule has 0 spiro atoms. The molecule has 0 aromatic carbocycles. The summed E-state index contributed by atoms with van der Waals surface area (Å²) in [6.45, 7) is 1.47. The molecule has 1 fully saturated rings. The van der Waals surface area contributed by atoms with E-state index in [0.717, 1.165) is 36.5 Å². The van der Waals surface area contributed by atoms with Gasteiger partial charge in [-0.25, -0.2) is 15.0 Å². The number of likely N-dealkylation sites (tertiary alicyclic amines) is 1.